The van der Waals surface area contributed by atoms with Gasteiger partial charge in [-0.25, -0.2) is 0 Å². The van der Waals surface area contributed by atoms with E-state index in [2.05, 4.69) is 45.3 Å². The summed E-state index contributed by atoms with van der Waals surface area (Å²) in [6.07, 6.45) is 10.2. The predicted octanol–water partition coefficient (Wildman–Crippen LogP) is 4.47. The van der Waals surface area contributed by atoms with Crippen molar-refractivity contribution in [2.24, 2.45) is 5.92 Å². The summed E-state index contributed by atoms with van der Waals surface area (Å²) in [4.78, 5) is 4.55. The fraction of sp³-hybridized carbons (Fsp3) is 0.667. The van der Waals surface area contributed by atoms with Crippen LogP contribution in [0.3, 0.4) is 0 Å². The lowest BCUT2D eigenvalue weighted by atomic mass is 9.84. The van der Waals surface area contributed by atoms with Gasteiger partial charge in [-0.1, -0.05) is 39.0 Å². The molecule has 1 aliphatic rings. The predicted molar refractivity (Wildman–Crippen MR) is 79.5 cm³/mol. The van der Waals surface area contributed by atoms with Crippen LogP contribution in [0.2, 0.25) is 0 Å². The molecule has 0 amide bonds. The Hall–Kier alpha value is -0.410. The fourth-order valence-corrected chi connectivity index (χ4v) is 3.14. The number of hydrogen-bond donors (Lipinski definition) is 1. The second-order valence-corrected chi connectivity index (χ2v) is 6.17. The van der Waals surface area contributed by atoms with Crippen molar-refractivity contribution in [3.05, 3.63) is 28.5 Å². The Balaban J connectivity index is 2.00. The van der Waals surface area contributed by atoms with Gasteiger partial charge in [-0.05, 0) is 46.9 Å². The SMILES string of the molecule is CCNC(CC1CCCCC1)c1ccc(Br)cn1. The molecular formula is C15H23BrN2. The van der Waals surface area contributed by atoms with Crippen LogP contribution in [0.15, 0.2) is 22.8 Å². The lowest BCUT2D eigenvalue weighted by Crippen LogP contribution is -2.25. The number of aromatic nitrogens is 1. The van der Waals surface area contributed by atoms with Gasteiger partial charge in [0.15, 0.2) is 0 Å². The van der Waals surface area contributed by atoms with Gasteiger partial charge in [0.1, 0.15) is 0 Å². The van der Waals surface area contributed by atoms with E-state index in [9.17, 15) is 0 Å². The Morgan fingerprint density at radius 1 is 1.33 bits per heavy atom. The molecule has 1 heterocycles. The second kappa shape index (κ2) is 7.25. The molecule has 1 saturated carbocycles. The van der Waals surface area contributed by atoms with Crippen molar-refractivity contribution < 1.29 is 0 Å². The third kappa shape index (κ3) is 4.06. The Kier molecular flexibility index (Phi) is 5.64. The van der Waals surface area contributed by atoms with Crippen molar-refractivity contribution in [3.8, 4) is 0 Å². The lowest BCUT2D eigenvalue weighted by Gasteiger charge is -2.26. The molecule has 0 radical (unpaired) electrons. The maximum absolute atomic E-state index is 4.55. The van der Waals surface area contributed by atoms with Crippen LogP contribution >= 0.6 is 15.9 Å². The van der Waals surface area contributed by atoms with Crippen molar-refractivity contribution in [3.63, 3.8) is 0 Å². The van der Waals surface area contributed by atoms with Crippen LogP contribution in [0.25, 0.3) is 0 Å². The number of nitrogens with zero attached hydrogens (tertiary/aromatic N) is 1. The highest BCUT2D eigenvalue weighted by molar-refractivity contribution is 9.10. The van der Waals surface area contributed by atoms with Crippen LogP contribution in [-0.4, -0.2) is 11.5 Å². The van der Waals surface area contributed by atoms with E-state index < -0.39 is 0 Å². The van der Waals surface area contributed by atoms with Gasteiger partial charge in [-0.15, -0.1) is 0 Å². The van der Waals surface area contributed by atoms with E-state index in [1.807, 2.05) is 6.20 Å². The quantitative estimate of drug-likeness (QED) is 0.868. The van der Waals surface area contributed by atoms with Crippen molar-refractivity contribution in [1.29, 1.82) is 0 Å². The fourth-order valence-electron chi connectivity index (χ4n) is 2.90. The smallest absolute Gasteiger partial charge is 0.0574 e. The molecule has 0 aromatic carbocycles. The van der Waals surface area contributed by atoms with E-state index >= 15 is 0 Å². The van der Waals surface area contributed by atoms with E-state index in [-0.39, 0.29) is 0 Å². The first kappa shape index (κ1) is 14.0. The standard InChI is InChI=1S/C15H23BrN2/c1-2-17-15(10-12-6-4-3-5-7-12)14-9-8-13(16)11-18-14/h8-9,11-12,15,17H,2-7,10H2,1H3. The molecule has 100 valence electrons. The van der Waals surface area contributed by atoms with E-state index in [4.69, 9.17) is 0 Å². The molecule has 1 aromatic heterocycles. The first-order valence-corrected chi connectivity index (χ1v) is 7.93. The minimum atomic E-state index is 0.422. The van der Waals surface area contributed by atoms with E-state index in [0.29, 0.717) is 6.04 Å². The van der Waals surface area contributed by atoms with Gasteiger partial charge in [-0.3, -0.25) is 4.98 Å². The van der Waals surface area contributed by atoms with Gasteiger partial charge >= 0.3 is 0 Å². The summed E-state index contributed by atoms with van der Waals surface area (Å²) in [6, 6.07) is 4.65. The number of halogens is 1. The molecule has 0 aliphatic heterocycles. The summed E-state index contributed by atoms with van der Waals surface area (Å²) in [5.74, 6) is 0.883. The topological polar surface area (TPSA) is 24.9 Å². The van der Waals surface area contributed by atoms with Crippen molar-refractivity contribution in [1.82, 2.24) is 10.3 Å². The van der Waals surface area contributed by atoms with E-state index in [0.717, 1.165) is 16.9 Å². The van der Waals surface area contributed by atoms with Gasteiger partial charge < -0.3 is 5.32 Å². The minimum Gasteiger partial charge on any atom is -0.309 e. The maximum atomic E-state index is 4.55. The van der Waals surface area contributed by atoms with Crippen LogP contribution in [0, 0.1) is 5.92 Å². The van der Waals surface area contributed by atoms with Gasteiger partial charge in [0.2, 0.25) is 0 Å². The molecule has 2 rings (SSSR count). The summed E-state index contributed by atoms with van der Waals surface area (Å²) < 4.78 is 1.05. The van der Waals surface area contributed by atoms with Crippen LogP contribution < -0.4 is 5.32 Å². The summed E-state index contributed by atoms with van der Waals surface area (Å²) in [5, 5.41) is 3.59. The van der Waals surface area contributed by atoms with Crippen molar-refractivity contribution in [2.75, 3.05) is 6.54 Å². The van der Waals surface area contributed by atoms with Gasteiger partial charge in [0, 0.05) is 16.7 Å². The summed E-state index contributed by atoms with van der Waals surface area (Å²) >= 11 is 3.45. The molecule has 1 N–H and O–H groups in total. The molecule has 3 heteroatoms. The lowest BCUT2D eigenvalue weighted by molar-refractivity contribution is 0.299. The van der Waals surface area contributed by atoms with Gasteiger partial charge in [0.05, 0.1) is 5.69 Å². The Bertz CT molecular complexity index is 344. The zero-order valence-corrected chi connectivity index (χ0v) is 12.7. The Morgan fingerprint density at radius 3 is 2.72 bits per heavy atom. The van der Waals surface area contributed by atoms with E-state index in [1.54, 1.807) is 0 Å². The van der Waals surface area contributed by atoms with E-state index in [1.165, 1.54) is 44.2 Å². The first-order valence-electron chi connectivity index (χ1n) is 7.14. The monoisotopic (exact) mass is 310 g/mol. The zero-order valence-electron chi connectivity index (χ0n) is 11.2. The average molecular weight is 311 g/mol. The maximum Gasteiger partial charge on any atom is 0.0574 e. The molecular weight excluding hydrogens is 288 g/mol. The molecule has 1 unspecified atom stereocenters. The average Bonchev–Trinajstić information content (AvgIpc) is 2.40. The third-order valence-electron chi connectivity index (χ3n) is 3.85. The van der Waals surface area contributed by atoms with Crippen LogP contribution in [-0.2, 0) is 0 Å². The summed E-state index contributed by atoms with van der Waals surface area (Å²) in [7, 11) is 0. The largest absolute Gasteiger partial charge is 0.309 e. The van der Waals surface area contributed by atoms with Crippen LogP contribution in [0.4, 0.5) is 0 Å². The summed E-state index contributed by atoms with van der Waals surface area (Å²) in [6.45, 7) is 3.18. The first-order chi connectivity index (χ1) is 8.79. The van der Waals surface area contributed by atoms with Gasteiger partial charge in [0.25, 0.3) is 0 Å². The zero-order chi connectivity index (χ0) is 12.8. The van der Waals surface area contributed by atoms with Crippen LogP contribution in [0.1, 0.15) is 57.2 Å². The Labute approximate surface area is 119 Å². The second-order valence-electron chi connectivity index (χ2n) is 5.25. The van der Waals surface area contributed by atoms with Gasteiger partial charge in [-0.2, -0.15) is 0 Å². The molecule has 0 bridgehead atoms. The minimum absolute atomic E-state index is 0.422. The Morgan fingerprint density at radius 2 is 2.11 bits per heavy atom. The highest BCUT2D eigenvalue weighted by Gasteiger charge is 2.20. The molecule has 2 nitrogen and oxygen atoms in total. The molecule has 1 aliphatic carbocycles. The normalized spacial score (nSPS) is 18.8. The molecule has 1 atom stereocenters. The number of rotatable bonds is 5. The molecule has 0 spiro atoms. The third-order valence-corrected chi connectivity index (χ3v) is 4.32. The molecule has 0 saturated heterocycles. The molecule has 1 fully saturated rings. The number of pyridine rings is 1. The molecule has 1 aromatic rings. The van der Waals surface area contributed by atoms with Crippen molar-refractivity contribution in [2.45, 2.75) is 51.5 Å². The van der Waals surface area contributed by atoms with Crippen molar-refractivity contribution >= 4 is 15.9 Å². The van der Waals surface area contributed by atoms with Crippen LogP contribution in [0.5, 0.6) is 0 Å². The highest BCUT2D eigenvalue weighted by atomic mass is 79.9. The number of hydrogen-bond acceptors (Lipinski definition) is 2. The summed E-state index contributed by atoms with van der Waals surface area (Å²) in [5.41, 5.74) is 1.19. The molecule has 18 heavy (non-hydrogen) atoms. The highest BCUT2D eigenvalue weighted by Crippen LogP contribution is 2.31. The number of nitrogens with one attached hydrogen (secondary N) is 1.